The van der Waals surface area contributed by atoms with E-state index in [9.17, 15) is 48.3 Å². The zero-order valence-electron chi connectivity index (χ0n) is 44.5. The van der Waals surface area contributed by atoms with Crippen LogP contribution in [-0.2, 0) is 65.1 Å². The summed E-state index contributed by atoms with van der Waals surface area (Å²) in [5.41, 5.74) is 7.59. The molecule has 2 aliphatic rings. The van der Waals surface area contributed by atoms with E-state index >= 15 is 0 Å². The van der Waals surface area contributed by atoms with Crippen molar-refractivity contribution < 1.29 is 72.3 Å². The molecule has 4 heterocycles. The van der Waals surface area contributed by atoms with Gasteiger partial charge in [0.15, 0.2) is 5.60 Å². The number of fused-ring (bicyclic) bond motifs is 5. The van der Waals surface area contributed by atoms with Crippen LogP contribution in [0.1, 0.15) is 74.8 Å². The van der Waals surface area contributed by atoms with Crippen LogP contribution in [0, 0.1) is 5.92 Å². The quantitative estimate of drug-likeness (QED) is 0.0174. The van der Waals surface area contributed by atoms with Crippen LogP contribution in [-0.4, -0.2) is 148 Å². The number of pyridine rings is 2. The smallest absolute Gasteiger partial charge is 0.458 e. The summed E-state index contributed by atoms with van der Waals surface area (Å²) in [6.07, 6.45) is -2.64. The number of likely N-dealkylation sites (N-methyl/N-ethyl adjacent to an activating group) is 2. The number of cyclic esters (lactones) is 1. The van der Waals surface area contributed by atoms with E-state index in [1.165, 1.54) is 45.5 Å². The molecule has 0 saturated carbocycles. The number of nitrogens with zero attached hydrogens (tertiary/aromatic N) is 4. The second kappa shape index (κ2) is 27.7. The van der Waals surface area contributed by atoms with Crippen LogP contribution in [0.2, 0.25) is 0 Å². The molecule has 0 fully saturated rings. The summed E-state index contributed by atoms with van der Waals surface area (Å²) in [5, 5.41) is 30.9. The Hall–Kier alpha value is -7.78. The number of benzene rings is 2. The minimum absolute atomic E-state index is 0.00700. The maximum Gasteiger partial charge on any atom is 0.505 e. The molecule has 27 heteroatoms. The molecule has 25 nitrogen and oxygen atoms in total. The number of nitrogens with two attached hydrogens (primary N) is 1. The van der Waals surface area contributed by atoms with Crippen molar-refractivity contribution in [3.8, 4) is 17.1 Å². The zero-order chi connectivity index (χ0) is 57.6. The number of esters is 1. The van der Waals surface area contributed by atoms with Crippen molar-refractivity contribution in [2.45, 2.75) is 90.8 Å². The molecule has 7 amide bonds. The summed E-state index contributed by atoms with van der Waals surface area (Å²) in [5.74, 6) is -1.41. The van der Waals surface area contributed by atoms with E-state index in [0.717, 1.165) is 16.5 Å². The molecule has 0 saturated heterocycles. The van der Waals surface area contributed by atoms with Gasteiger partial charge in [-0.1, -0.05) is 61.4 Å². The van der Waals surface area contributed by atoms with Gasteiger partial charge >= 0.3 is 36.4 Å². The fraction of sp³-hybridized carbons (Fsp3) is 0.462. The summed E-state index contributed by atoms with van der Waals surface area (Å²) in [7, 11) is 5.72. The Labute approximate surface area is 462 Å². The number of hydrogen-bond acceptors (Lipinski definition) is 18. The fourth-order valence-corrected chi connectivity index (χ4v) is 10.3. The van der Waals surface area contributed by atoms with Gasteiger partial charge in [0.1, 0.15) is 44.3 Å². The first-order valence-corrected chi connectivity index (χ1v) is 27.8. The molecule has 4 aromatic rings. The van der Waals surface area contributed by atoms with Gasteiger partial charge in [-0.3, -0.25) is 14.4 Å². The normalized spacial score (nSPS) is 14.8. The van der Waals surface area contributed by atoms with Crippen LogP contribution in [0.3, 0.4) is 0 Å². The molecule has 0 unspecified atom stereocenters. The second-order valence-corrected chi connectivity index (χ2v) is 21.5. The Balaban J connectivity index is 0.976. The van der Waals surface area contributed by atoms with E-state index in [4.69, 9.17) is 34.8 Å². The molecule has 6 rings (SSSR count). The molecule has 79 heavy (non-hydrogen) atoms. The molecule has 0 radical (unpaired) electrons. The number of urea groups is 1. The third-order valence-electron chi connectivity index (χ3n) is 13.0. The summed E-state index contributed by atoms with van der Waals surface area (Å²) in [4.78, 5) is 122. The Morgan fingerprint density at radius 1 is 0.886 bits per heavy atom. The van der Waals surface area contributed by atoms with E-state index in [0.29, 0.717) is 46.1 Å². The molecule has 3 atom stereocenters. The first kappa shape index (κ1) is 60.4. The number of carbonyl (C=O) groups excluding carboxylic acids is 7. The Bertz CT molecular complexity index is 3000. The number of hydrogen-bond donors (Lipinski definition) is 7. The van der Waals surface area contributed by atoms with Crippen LogP contribution in [0.4, 0.5) is 29.7 Å². The number of aryl methyl sites for hydroxylation is 1. The Morgan fingerprint density at radius 3 is 2.22 bits per heavy atom. The van der Waals surface area contributed by atoms with E-state index in [2.05, 4.69) is 26.0 Å². The Morgan fingerprint density at radius 2 is 1.57 bits per heavy atom. The highest BCUT2D eigenvalue weighted by Gasteiger charge is 2.45. The number of carbonyl (C=O) groups is 8. The fourth-order valence-electron chi connectivity index (χ4n) is 8.64. The van der Waals surface area contributed by atoms with Gasteiger partial charge in [-0.15, -0.1) is 0 Å². The summed E-state index contributed by atoms with van der Waals surface area (Å²) < 4.78 is 27.7. The average molecular weight is 1140 g/mol. The van der Waals surface area contributed by atoms with Crippen molar-refractivity contribution in [3.63, 3.8) is 0 Å². The van der Waals surface area contributed by atoms with Gasteiger partial charge in [-0.05, 0) is 79.1 Å². The lowest BCUT2D eigenvalue weighted by Gasteiger charge is -2.31. The number of rotatable bonds is 25. The topological polar surface area (TPSA) is 339 Å². The highest BCUT2D eigenvalue weighted by atomic mass is 33.1. The van der Waals surface area contributed by atoms with Crippen LogP contribution in [0.15, 0.2) is 53.3 Å². The molecule has 2 aliphatic heterocycles. The number of aromatic nitrogens is 2. The number of anilines is 1. The SMILES string of the molecule is CCc1c2c(nc3ccc(OC(=O)N(C)CCN(C)C(=O)OCc4ccc(NC(=O)[C@H](CCCNC(N)=O)NC(=O)[C@@H](NC(=O)OCCSSCCOC(=O)O)C(C)C)cc4)cc13)-c1cc3c(c(=O)n1C2)COC(=O)[C@]3(O)CC. The summed E-state index contributed by atoms with van der Waals surface area (Å²) >= 11 is 0. The van der Waals surface area contributed by atoms with Gasteiger partial charge < -0.3 is 75.3 Å². The van der Waals surface area contributed by atoms with E-state index in [-0.39, 0.29) is 94.3 Å². The number of carboxylic acid groups (broad SMARTS) is 1. The average Bonchev–Trinajstić information content (AvgIpc) is 4.05. The van der Waals surface area contributed by atoms with Crippen molar-refractivity contribution in [1.29, 1.82) is 0 Å². The third kappa shape index (κ3) is 15.5. The first-order chi connectivity index (χ1) is 37.6. The van der Waals surface area contributed by atoms with E-state index < -0.39 is 71.9 Å². The molecular weight excluding hydrogens is 1070 g/mol. The minimum Gasteiger partial charge on any atom is -0.458 e. The lowest BCUT2D eigenvalue weighted by molar-refractivity contribution is -0.172. The Kier molecular flexibility index (Phi) is 21.2. The number of ether oxygens (including phenoxy) is 5. The molecule has 426 valence electrons. The van der Waals surface area contributed by atoms with E-state index in [1.807, 2.05) is 6.92 Å². The summed E-state index contributed by atoms with van der Waals surface area (Å²) in [6.45, 7) is 7.19. The lowest BCUT2D eigenvalue weighted by Crippen LogP contribution is -2.54. The number of nitrogens with one attached hydrogen (secondary N) is 4. The van der Waals surface area contributed by atoms with Gasteiger partial charge in [0.05, 0.1) is 29.0 Å². The van der Waals surface area contributed by atoms with Gasteiger partial charge in [-0.25, -0.2) is 33.8 Å². The number of alkyl carbamates (subject to hydrolysis) is 1. The molecule has 0 spiro atoms. The van der Waals surface area contributed by atoms with Gasteiger partial charge in [0, 0.05) is 67.4 Å². The van der Waals surface area contributed by atoms with Crippen LogP contribution >= 0.6 is 21.6 Å². The second-order valence-electron chi connectivity index (χ2n) is 18.8. The van der Waals surface area contributed by atoms with Gasteiger partial charge in [0.25, 0.3) is 5.56 Å². The van der Waals surface area contributed by atoms with Crippen LogP contribution in [0.25, 0.3) is 22.3 Å². The molecule has 2 aromatic carbocycles. The molecular formula is C52H65N9O16S2. The van der Waals surface area contributed by atoms with Gasteiger partial charge in [0.2, 0.25) is 11.8 Å². The molecule has 0 aliphatic carbocycles. The van der Waals surface area contributed by atoms with Crippen molar-refractivity contribution >= 4 is 86.4 Å². The van der Waals surface area contributed by atoms with Crippen molar-refractivity contribution in [3.05, 3.63) is 86.7 Å². The molecule has 0 bridgehead atoms. The van der Waals surface area contributed by atoms with Gasteiger partial charge in [-0.2, -0.15) is 0 Å². The number of aliphatic hydroxyl groups is 1. The largest absolute Gasteiger partial charge is 0.505 e. The van der Waals surface area contributed by atoms with Crippen molar-refractivity contribution in [2.75, 3.05) is 63.8 Å². The maximum absolute atomic E-state index is 13.7. The van der Waals surface area contributed by atoms with Crippen molar-refractivity contribution in [1.82, 2.24) is 35.3 Å². The first-order valence-electron chi connectivity index (χ1n) is 25.4. The van der Waals surface area contributed by atoms with E-state index in [1.54, 1.807) is 73.9 Å². The summed E-state index contributed by atoms with van der Waals surface area (Å²) in [6, 6.07) is 10.2. The van der Waals surface area contributed by atoms with Crippen molar-refractivity contribution in [2.24, 2.45) is 11.7 Å². The zero-order valence-corrected chi connectivity index (χ0v) is 46.2. The number of primary amides is 1. The standard InChI is InChI=1S/C52H65N9O16S2/c1-7-33-34-24-32(15-16-38(34)56-42-35(33)26-61-40(42)25-37-36(45(61)64)28-75-46(65)52(37,72)8-2)77-50(69)60(6)19-18-59(5)49(68)76-27-30-11-13-31(14-12-30)55-43(62)39(10-9-17-54-47(53)66)57-44(63)41(29(3)4)58-48(67)73-20-22-78-79-23-21-74-51(70)71/h11-16,24-25,29,39,41,72H,7-10,17-23,26-28H2,1-6H3,(H,55,62)(H,57,63)(H,58,67)(H,70,71)(H3,53,54,66)/t39-,41-,52-/m0/s1. The maximum atomic E-state index is 13.7. The minimum atomic E-state index is -1.95. The predicted octanol–water partition coefficient (Wildman–Crippen LogP) is 5.04. The number of amides is 7. The third-order valence-corrected chi connectivity index (χ3v) is 15.3. The highest BCUT2D eigenvalue weighted by Crippen LogP contribution is 2.41. The lowest BCUT2D eigenvalue weighted by atomic mass is 9.86. The predicted molar refractivity (Wildman–Crippen MR) is 291 cm³/mol. The molecule has 8 N–H and O–H groups in total. The van der Waals surface area contributed by atoms with Crippen LogP contribution < -0.4 is 37.3 Å². The highest BCUT2D eigenvalue weighted by molar-refractivity contribution is 8.76. The molecule has 2 aromatic heterocycles. The monoisotopic (exact) mass is 1140 g/mol. The van der Waals surface area contributed by atoms with Crippen LogP contribution in [0.5, 0.6) is 5.75 Å².